The molecule has 1 aromatic heterocycles. The van der Waals surface area contributed by atoms with Gasteiger partial charge in [-0.2, -0.15) is 5.10 Å². The molecule has 240 valence electrons. The Morgan fingerprint density at radius 2 is 1.91 bits per heavy atom. The molecule has 2 aliphatic rings. The molecule has 0 spiro atoms. The summed E-state index contributed by atoms with van der Waals surface area (Å²) in [6, 6.07) is 16.6. The van der Waals surface area contributed by atoms with Gasteiger partial charge in [-0.25, -0.2) is 9.07 Å². The molecule has 10 nitrogen and oxygen atoms in total. The van der Waals surface area contributed by atoms with E-state index in [0.717, 1.165) is 16.7 Å². The van der Waals surface area contributed by atoms with Gasteiger partial charge in [-0.15, -0.1) is 0 Å². The van der Waals surface area contributed by atoms with E-state index in [1.165, 1.54) is 40.2 Å². The lowest BCUT2D eigenvalue weighted by atomic mass is 9.98. The van der Waals surface area contributed by atoms with Crippen molar-refractivity contribution in [3.63, 3.8) is 0 Å². The first-order valence-electron chi connectivity index (χ1n) is 15.3. The average Bonchev–Trinajstić information content (AvgIpc) is 3.71. The van der Waals surface area contributed by atoms with Crippen molar-refractivity contribution in [1.82, 2.24) is 25.3 Å². The van der Waals surface area contributed by atoms with Gasteiger partial charge in [-0.3, -0.25) is 14.6 Å². The maximum atomic E-state index is 13.8. The van der Waals surface area contributed by atoms with E-state index in [1.54, 1.807) is 6.21 Å². The summed E-state index contributed by atoms with van der Waals surface area (Å²) in [6.07, 6.45) is 4.59. The Morgan fingerprint density at radius 3 is 2.74 bits per heavy atom. The number of hydrogen-bond acceptors (Lipinski definition) is 7. The number of halogens is 2. The quantitative estimate of drug-likeness (QED) is 0.270. The van der Waals surface area contributed by atoms with Gasteiger partial charge in [-0.05, 0) is 47.5 Å². The minimum atomic E-state index is -0.752. The van der Waals surface area contributed by atoms with Crippen LogP contribution in [0.5, 0.6) is 5.75 Å². The molecule has 4 N–H and O–H groups in total. The Hall–Kier alpha value is -4.74. The van der Waals surface area contributed by atoms with Crippen LogP contribution < -0.4 is 21.1 Å². The topological polar surface area (TPSA) is 127 Å². The van der Waals surface area contributed by atoms with Gasteiger partial charge in [0.1, 0.15) is 23.7 Å². The van der Waals surface area contributed by atoms with Crippen molar-refractivity contribution in [3.8, 4) is 22.6 Å². The van der Waals surface area contributed by atoms with Gasteiger partial charge < -0.3 is 26.0 Å². The van der Waals surface area contributed by atoms with Crippen LogP contribution in [-0.2, 0) is 4.79 Å². The maximum Gasteiger partial charge on any atom is 0.257 e. The van der Waals surface area contributed by atoms with Crippen LogP contribution in [-0.4, -0.2) is 77.6 Å². The van der Waals surface area contributed by atoms with Crippen LogP contribution in [0.25, 0.3) is 16.8 Å². The van der Waals surface area contributed by atoms with Gasteiger partial charge in [0, 0.05) is 49.7 Å². The second-order valence-electron chi connectivity index (χ2n) is 10.6. The van der Waals surface area contributed by atoms with Gasteiger partial charge in [0.25, 0.3) is 5.91 Å². The Bertz CT molecular complexity index is 1730. The fourth-order valence-corrected chi connectivity index (χ4v) is 5.73. The summed E-state index contributed by atoms with van der Waals surface area (Å²) in [5, 5.41) is 10.6. The first kappa shape index (κ1) is 32.6. The number of benzene rings is 3. The molecule has 2 atom stereocenters. The summed E-state index contributed by atoms with van der Waals surface area (Å²) in [6.45, 7) is 6.27. The molecule has 2 amide bonds. The standard InChI is InChI=1S/C32H31ClFN7O3.C2H6/c33-27-14-22(34)7-8-29(27)41-18-21(16-39-41)32(43)40-19-24-15-30(40)31(42)38-12-11-36-9-10-37-17-26-25(5-2-6-28(26)35)20-3-1-4-23(13-20)44-24;1-2/h1-8,13-14,16-18,24,30,36H,9-12,15,19,35H2,(H,38,42);1-2H3. The molecule has 2 unspecified atom stereocenters. The Kier molecular flexibility index (Phi) is 10.7. The van der Waals surface area contributed by atoms with E-state index in [2.05, 4.69) is 20.7 Å². The van der Waals surface area contributed by atoms with Gasteiger partial charge >= 0.3 is 0 Å². The molecule has 46 heavy (non-hydrogen) atoms. The molecule has 1 fully saturated rings. The number of ether oxygens (including phenoxy) is 1. The summed E-state index contributed by atoms with van der Waals surface area (Å²) >= 11 is 6.21. The van der Waals surface area contributed by atoms with Gasteiger partial charge in [0.2, 0.25) is 5.91 Å². The predicted octanol–water partition coefficient (Wildman–Crippen LogP) is 4.74. The third-order valence-electron chi connectivity index (χ3n) is 7.64. The molecule has 0 aliphatic carbocycles. The number of carbonyl (C=O) groups is 2. The Balaban J connectivity index is 0.00000204. The van der Waals surface area contributed by atoms with Gasteiger partial charge in [-0.1, -0.05) is 49.7 Å². The zero-order valence-electron chi connectivity index (χ0n) is 25.7. The number of aromatic nitrogens is 2. The molecule has 0 saturated carbocycles. The highest BCUT2D eigenvalue weighted by Gasteiger charge is 2.41. The first-order chi connectivity index (χ1) is 22.4. The van der Waals surface area contributed by atoms with Crippen LogP contribution >= 0.6 is 11.6 Å². The molecular formula is C34H37ClFN7O3. The highest BCUT2D eigenvalue weighted by atomic mass is 35.5. The Labute approximate surface area is 272 Å². The number of carbonyl (C=O) groups excluding carboxylic acids is 2. The van der Waals surface area contributed by atoms with E-state index in [0.29, 0.717) is 49.7 Å². The van der Waals surface area contributed by atoms with E-state index in [9.17, 15) is 14.0 Å². The highest BCUT2D eigenvalue weighted by molar-refractivity contribution is 6.32. The number of aliphatic imine (C=N–C) groups is 1. The Morgan fingerprint density at radius 1 is 1.09 bits per heavy atom. The minimum Gasteiger partial charge on any atom is -0.488 e. The number of hydrogen-bond donors (Lipinski definition) is 3. The summed E-state index contributed by atoms with van der Waals surface area (Å²) in [5.74, 6) is -0.512. The van der Waals surface area contributed by atoms with E-state index in [4.69, 9.17) is 22.1 Å². The lowest BCUT2D eigenvalue weighted by molar-refractivity contribution is -0.124. The number of amides is 2. The SMILES string of the molecule is CC.Nc1cccc2c1C=NCCNCCNC(=O)C1CC(CN1C(=O)c1cnn(-c3ccc(F)cc3Cl)c1)Oc1cccc-2c1. The van der Waals surface area contributed by atoms with E-state index >= 15 is 0 Å². The summed E-state index contributed by atoms with van der Waals surface area (Å²) in [4.78, 5) is 33.2. The number of likely N-dealkylation sites (tertiary alicyclic amines) is 1. The summed E-state index contributed by atoms with van der Waals surface area (Å²) in [7, 11) is 0. The second kappa shape index (κ2) is 15.0. The number of anilines is 1. The van der Waals surface area contributed by atoms with Crippen LogP contribution in [0.4, 0.5) is 10.1 Å². The van der Waals surface area contributed by atoms with Crippen LogP contribution in [0.2, 0.25) is 5.02 Å². The minimum absolute atomic E-state index is 0.155. The maximum absolute atomic E-state index is 13.8. The van der Waals surface area contributed by atoms with Crippen molar-refractivity contribution in [2.45, 2.75) is 32.4 Å². The largest absolute Gasteiger partial charge is 0.488 e. The normalized spacial score (nSPS) is 18.3. The van der Waals surface area contributed by atoms with Crippen LogP contribution in [0.3, 0.4) is 0 Å². The fourth-order valence-electron chi connectivity index (χ4n) is 5.48. The molecule has 12 heteroatoms. The van der Waals surface area contributed by atoms with E-state index < -0.39 is 18.0 Å². The van der Waals surface area contributed by atoms with Crippen molar-refractivity contribution in [1.29, 1.82) is 0 Å². The predicted molar refractivity (Wildman–Crippen MR) is 178 cm³/mol. The number of nitrogen functional groups attached to an aromatic ring is 1. The number of nitrogens with one attached hydrogen (secondary N) is 2. The number of nitrogens with two attached hydrogens (primary N) is 1. The lowest BCUT2D eigenvalue weighted by Gasteiger charge is -2.23. The number of nitrogens with zero attached hydrogens (tertiary/aromatic N) is 4. The van der Waals surface area contributed by atoms with Crippen molar-refractivity contribution < 1.29 is 18.7 Å². The van der Waals surface area contributed by atoms with Crippen molar-refractivity contribution in [2.75, 3.05) is 38.5 Å². The van der Waals surface area contributed by atoms with Crippen LogP contribution in [0.1, 0.15) is 36.2 Å². The zero-order valence-corrected chi connectivity index (χ0v) is 26.5. The fraction of sp³-hybridized carbons (Fsp3) is 0.294. The smallest absolute Gasteiger partial charge is 0.257 e. The molecule has 3 aromatic carbocycles. The van der Waals surface area contributed by atoms with Gasteiger partial charge in [0.05, 0.1) is 35.6 Å². The van der Waals surface area contributed by atoms with Crippen molar-refractivity contribution in [3.05, 3.63) is 95.0 Å². The van der Waals surface area contributed by atoms with Crippen LogP contribution in [0.15, 0.2) is 78.0 Å². The molecule has 1 saturated heterocycles. The second-order valence-corrected chi connectivity index (χ2v) is 11.0. The third kappa shape index (κ3) is 7.38. The van der Waals surface area contributed by atoms with E-state index in [1.807, 2.05) is 56.3 Å². The molecule has 0 radical (unpaired) electrons. The monoisotopic (exact) mass is 645 g/mol. The van der Waals surface area contributed by atoms with Gasteiger partial charge in [0.15, 0.2) is 0 Å². The molecule has 3 heterocycles. The highest BCUT2D eigenvalue weighted by Crippen LogP contribution is 2.31. The molecule has 6 rings (SSSR count). The molecule has 4 bridgehead atoms. The summed E-state index contributed by atoms with van der Waals surface area (Å²) in [5.41, 5.74) is 10.3. The van der Waals surface area contributed by atoms with Crippen LogP contribution in [0, 0.1) is 5.82 Å². The first-order valence-corrected chi connectivity index (χ1v) is 15.7. The lowest BCUT2D eigenvalue weighted by Crippen LogP contribution is -2.47. The molecule has 2 aliphatic heterocycles. The third-order valence-corrected chi connectivity index (χ3v) is 7.94. The summed E-state index contributed by atoms with van der Waals surface area (Å²) < 4.78 is 21.4. The number of fused-ring (bicyclic) bond motifs is 6. The molecule has 4 aromatic rings. The average molecular weight is 646 g/mol. The number of rotatable bonds is 2. The van der Waals surface area contributed by atoms with E-state index in [-0.39, 0.29) is 28.9 Å². The van der Waals surface area contributed by atoms with Crippen molar-refractivity contribution in [2.24, 2.45) is 4.99 Å². The molecular weight excluding hydrogens is 609 g/mol. The zero-order chi connectivity index (χ0) is 32.6. The van der Waals surface area contributed by atoms with Crippen molar-refractivity contribution >= 4 is 35.3 Å².